The van der Waals surface area contributed by atoms with Crippen molar-refractivity contribution in [1.29, 1.82) is 0 Å². The van der Waals surface area contributed by atoms with Gasteiger partial charge in [-0.15, -0.1) is 0 Å². The first kappa shape index (κ1) is 11.6. The monoisotopic (exact) mass is 273 g/mol. The molecule has 1 aromatic rings. The molecule has 0 spiro atoms. The van der Waals surface area contributed by atoms with Gasteiger partial charge in [0.05, 0.1) is 5.25 Å². The molecule has 0 heterocycles. The van der Waals surface area contributed by atoms with Gasteiger partial charge in [-0.2, -0.15) is 11.8 Å². The molecule has 0 aromatic heterocycles. The summed E-state index contributed by atoms with van der Waals surface area (Å²) in [5.41, 5.74) is 0.824. The van der Waals surface area contributed by atoms with Crippen LogP contribution in [0.15, 0.2) is 28.7 Å². The van der Waals surface area contributed by atoms with Gasteiger partial charge in [0, 0.05) is 10.2 Å². The highest BCUT2D eigenvalue weighted by molar-refractivity contribution is 9.10. The van der Waals surface area contributed by atoms with Crippen molar-refractivity contribution >= 4 is 39.3 Å². The highest BCUT2D eigenvalue weighted by Crippen LogP contribution is 2.17. The lowest BCUT2D eigenvalue weighted by atomic mass is 10.3. The molecule has 2 nitrogen and oxygen atoms in total. The summed E-state index contributed by atoms with van der Waals surface area (Å²) in [6, 6.07) is 7.57. The van der Waals surface area contributed by atoms with E-state index in [9.17, 15) is 4.79 Å². The summed E-state index contributed by atoms with van der Waals surface area (Å²) in [6.07, 6.45) is 1.92. The standard InChI is InChI=1S/C10H12BrNOS/c1-7(14-2)10(13)12-9-5-3-4-8(11)6-9/h3-7H,1-2H3,(H,12,13). The van der Waals surface area contributed by atoms with Crippen LogP contribution < -0.4 is 5.32 Å². The lowest BCUT2D eigenvalue weighted by molar-refractivity contribution is -0.115. The molecule has 1 atom stereocenters. The number of hydrogen-bond acceptors (Lipinski definition) is 2. The minimum absolute atomic E-state index is 0.0195. The van der Waals surface area contributed by atoms with Crippen LogP contribution in [0, 0.1) is 0 Å². The van der Waals surface area contributed by atoms with Crippen molar-refractivity contribution in [3.63, 3.8) is 0 Å². The van der Waals surface area contributed by atoms with Gasteiger partial charge in [-0.25, -0.2) is 0 Å². The van der Waals surface area contributed by atoms with Gasteiger partial charge in [-0.1, -0.05) is 22.0 Å². The van der Waals surface area contributed by atoms with E-state index in [1.54, 1.807) is 0 Å². The van der Waals surface area contributed by atoms with Crippen molar-refractivity contribution in [3.05, 3.63) is 28.7 Å². The van der Waals surface area contributed by atoms with E-state index in [4.69, 9.17) is 0 Å². The second-order valence-corrected chi connectivity index (χ2v) is 4.97. The molecule has 0 fully saturated rings. The Morgan fingerprint density at radius 1 is 1.57 bits per heavy atom. The number of nitrogens with one attached hydrogen (secondary N) is 1. The van der Waals surface area contributed by atoms with E-state index in [1.807, 2.05) is 37.4 Å². The summed E-state index contributed by atoms with van der Waals surface area (Å²) in [5, 5.41) is 2.82. The van der Waals surface area contributed by atoms with Gasteiger partial charge in [0.15, 0.2) is 0 Å². The lowest BCUT2D eigenvalue weighted by Gasteiger charge is -2.09. The second-order valence-electron chi connectivity index (χ2n) is 2.88. The first-order valence-corrected chi connectivity index (χ1v) is 6.31. The number of hydrogen-bond donors (Lipinski definition) is 1. The topological polar surface area (TPSA) is 29.1 Å². The molecule has 0 bridgehead atoms. The molecule has 0 saturated heterocycles. The van der Waals surface area contributed by atoms with E-state index in [-0.39, 0.29) is 11.2 Å². The molecule has 1 unspecified atom stereocenters. The Morgan fingerprint density at radius 2 is 2.29 bits per heavy atom. The number of amides is 1. The Morgan fingerprint density at radius 3 is 2.86 bits per heavy atom. The van der Waals surface area contributed by atoms with Crippen molar-refractivity contribution in [1.82, 2.24) is 0 Å². The number of halogens is 1. The molecule has 14 heavy (non-hydrogen) atoms. The zero-order valence-corrected chi connectivity index (χ0v) is 10.5. The molecule has 4 heteroatoms. The van der Waals surface area contributed by atoms with E-state index in [2.05, 4.69) is 21.2 Å². The van der Waals surface area contributed by atoms with Crippen molar-refractivity contribution in [2.75, 3.05) is 11.6 Å². The van der Waals surface area contributed by atoms with E-state index in [0.717, 1.165) is 10.2 Å². The molecule has 0 aliphatic rings. The molecular formula is C10H12BrNOS. The van der Waals surface area contributed by atoms with Gasteiger partial charge in [-0.3, -0.25) is 4.79 Å². The lowest BCUT2D eigenvalue weighted by Crippen LogP contribution is -2.21. The highest BCUT2D eigenvalue weighted by Gasteiger charge is 2.10. The SMILES string of the molecule is CSC(C)C(=O)Nc1cccc(Br)c1. The number of thioether (sulfide) groups is 1. The summed E-state index contributed by atoms with van der Waals surface area (Å²) < 4.78 is 0.965. The maximum absolute atomic E-state index is 11.5. The van der Waals surface area contributed by atoms with Gasteiger partial charge < -0.3 is 5.32 Å². The van der Waals surface area contributed by atoms with Crippen LogP contribution in [0.2, 0.25) is 0 Å². The molecule has 76 valence electrons. The fourth-order valence-electron chi connectivity index (χ4n) is 0.917. The summed E-state index contributed by atoms with van der Waals surface area (Å²) in [6.45, 7) is 1.89. The number of carbonyl (C=O) groups is 1. The van der Waals surface area contributed by atoms with Gasteiger partial charge in [-0.05, 0) is 31.4 Å². The smallest absolute Gasteiger partial charge is 0.237 e. The molecule has 0 aliphatic carbocycles. The minimum atomic E-state index is -0.0195. The van der Waals surface area contributed by atoms with Crippen LogP contribution in [0.1, 0.15) is 6.92 Å². The zero-order valence-electron chi connectivity index (χ0n) is 8.08. The second kappa shape index (κ2) is 5.41. The van der Waals surface area contributed by atoms with Crippen LogP contribution in [0.5, 0.6) is 0 Å². The van der Waals surface area contributed by atoms with Crippen LogP contribution in [-0.4, -0.2) is 17.4 Å². The molecule has 0 saturated carbocycles. The van der Waals surface area contributed by atoms with Crippen molar-refractivity contribution in [2.24, 2.45) is 0 Å². The predicted octanol–water partition coefficient (Wildman–Crippen LogP) is 3.14. The normalized spacial score (nSPS) is 12.2. The van der Waals surface area contributed by atoms with Crippen molar-refractivity contribution in [3.8, 4) is 0 Å². The number of rotatable bonds is 3. The van der Waals surface area contributed by atoms with Crippen LogP contribution in [0.3, 0.4) is 0 Å². The average molecular weight is 274 g/mol. The maximum atomic E-state index is 11.5. The first-order valence-electron chi connectivity index (χ1n) is 4.22. The summed E-state index contributed by atoms with van der Waals surface area (Å²) in [5.74, 6) is 0.0376. The van der Waals surface area contributed by atoms with E-state index in [0.29, 0.717) is 0 Å². The van der Waals surface area contributed by atoms with Crippen LogP contribution in [-0.2, 0) is 4.79 Å². The number of anilines is 1. The summed E-state index contributed by atoms with van der Waals surface area (Å²) in [4.78, 5) is 11.5. The third kappa shape index (κ3) is 3.35. The number of carbonyl (C=O) groups excluding carboxylic acids is 1. The molecular weight excluding hydrogens is 262 g/mol. The Balaban J connectivity index is 2.65. The molecule has 1 rings (SSSR count). The van der Waals surface area contributed by atoms with E-state index in [1.165, 1.54) is 11.8 Å². The van der Waals surface area contributed by atoms with Gasteiger partial charge in [0.2, 0.25) is 5.91 Å². The number of benzene rings is 1. The van der Waals surface area contributed by atoms with E-state index >= 15 is 0 Å². The quantitative estimate of drug-likeness (QED) is 0.917. The fraction of sp³-hybridized carbons (Fsp3) is 0.300. The highest BCUT2D eigenvalue weighted by atomic mass is 79.9. The Bertz CT molecular complexity index is 330. The Hall–Kier alpha value is -0.480. The molecule has 1 N–H and O–H groups in total. The minimum Gasteiger partial charge on any atom is -0.325 e. The molecule has 1 amide bonds. The predicted molar refractivity (Wildman–Crippen MR) is 65.7 cm³/mol. The third-order valence-electron chi connectivity index (χ3n) is 1.81. The Kier molecular flexibility index (Phi) is 4.48. The third-order valence-corrected chi connectivity index (χ3v) is 3.23. The molecule has 1 aromatic carbocycles. The molecule has 0 aliphatic heterocycles. The van der Waals surface area contributed by atoms with Crippen LogP contribution >= 0.6 is 27.7 Å². The largest absolute Gasteiger partial charge is 0.325 e. The van der Waals surface area contributed by atoms with Crippen molar-refractivity contribution < 1.29 is 4.79 Å². The summed E-state index contributed by atoms with van der Waals surface area (Å²) >= 11 is 4.88. The van der Waals surface area contributed by atoms with Gasteiger partial charge in [0.1, 0.15) is 0 Å². The van der Waals surface area contributed by atoms with Gasteiger partial charge >= 0.3 is 0 Å². The molecule has 0 radical (unpaired) electrons. The maximum Gasteiger partial charge on any atom is 0.237 e. The van der Waals surface area contributed by atoms with Crippen molar-refractivity contribution in [2.45, 2.75) is 12.2 Å². The zero-order chi connectivity index (χ0) is 10.6. The average Bonchev–Trinajstić information content (AvgIpc) is 2.16. The van der Waals surface area contributed by atoms with E-state index < -0.39 is 0 Å². The van der Waals surface area contributed by atoms with Crippen LogP contribution in [0.25, 0.3) is 0 Å². The van der Waals surface area contributed by atoms with Crippen LogP contribution in [0.4, 0.5) is 5.69 Å². The fourth-order valence-corrected chi connectivity index (χ4v) is 1.59. The summed E-state index contributed by atoms with van der Waals surface area (Å²) in [7, 11) is 0. The first-order chi connectivity index (χ1) is 6.63. The van der Waals surface area contributed by atoms with Gasteiger partial charge in [0.25, 0.3) is 0 Å². The Labute approximate surface area is 96.6 Å².